The smallest absolute Gasteiger partial charge is 0.300 e. The van der Waals surface area contributed by atoms with Crippen molar-refractivity contribution in [3.63, 3.8) is 0 Å². The lowest BCUT2D eigenvalue weighted by Gasteiger charge is -2.08. The predicted octanol–water partition coefficient (Wildman–Crippen LogP) is 0.912. The number of hydrogen-bond donors (Lipinski definition) is 0. The third-order valence-corrected chi connectivity index (χ3v) is 2.79. The number of hydrogen-bond acceptors (Lipinski definition) is 4. The Morgan fingerprint density at radius 1 is 1.26 bits per heavy atom. The van der Waals surface area contributed by atoms with E-state index in [2.05, 4.69) is 9.97 Å². The normalized spacial score (nSPS) is 10.6. The average molecular weight is 281 g/mol. The fraction of sp³-hybridized carbons (Fsp3) is 0.333. The Bertz CT molecular complexity index is 675. The summed E-state index contributed by atoms with van der Waals surface area (Å²) >= 11 is 5.64. The van der Waals surface area contributed by atoms with Crippen LogP contribution in [-0.4, -0.2) is 19.1 Å². The molecule has 0 amide bonds. The first-order valence-electron chi connectivity index (χ1n) is 5.88. The van der Waals surface area contributed by atoms with Crippen molar-refractivity contribution in [3.8, 4) is 0 Å². The molecule has 7 heteroatoms. The van der Waals surface area contributed by atoms with E-state index >= 15 is 0 Å². The molecule has 0 N–H and O–H groups in total. The second-order valence-electron chi connectivity index (χ2n) is 4.05. The first kappa shape index (κ1) is 13.5. The highest BCUT2D eigenvalue weighted by molar-refractivity contribution is 6.29. The molecular formula is C12H13ClN4O2. The zero-order valence-corrected chi connectivity index (χ0v) is 11.2. The van der Waals surface area contributed by atoms with Gasteiger partial charge in [0.05, 0.1) is 24.6 Å². The van der Waals surface area contributed by atoms with Crippen LogP contribution >= 0.6 is 11.6 Å². The van der Waals surface area contributed by atoms with Crippen LogP contribution in [0.15, 0.2) is 34.2 Å². The zero-order valence-electron chi connectivity index (χ0n) is 10.4. The average Bonchev–Trinajstić information content (AvgIpc) is 2.40. The van der Waals surface area contributed by atoms with Gasteiger partial charge in [0.15, 0.2) is 0 Å². The fourth-order valence-electron chi connectivity index (χ4n) is 1.70. The van der Waals surface area contributed by atoms with Gasteiger partial charge in [-0.1, -0.05) is 18.5 Å². The molecule has 0 aliphatic carbocycles. The minimum Gasteiger partial charge on any atom is -0.300 e. The molecule has 2 rings (SSSR count). The van der Waals surface area contributed by atoms with E-state index in [4.69, 9.17) is 11.6 Å². The molecule has 0 unspecified atom stereocenters. The van der Waals surface area contributed by atoms with Crippen molar-refractivity contribution in [2.45, 2.75) is 26.4 Å². The van der Waals surface area contributed by atoms with Gasteiger partial charge in [-0.15, -0.1) is 0 Å². The van der Waals surface area contributed by atoms with Crippen LogP contribution in [0.2, 0.25) is 5.15 Å². The summed E-state index contributed by atoms with van der Waals surface area (Å²) in [6.07, 6.45) is 5.16. The van der Waals surface area contributed by atoms with Gasteiger partial charge < -0.3 is 4.57 Å². The summed E-state index contributed by atoms with van der Waals surface area (Å²) in [5, 5.41) is 0.271. The van der Waals surface area contributed by atoms with Crippen molar-refractivity contribution in [3.05, 3.63) is 56.3 Å². The fourth-order valence-corrected chi connectivity index (χ4v) is 1.79. The van der Waals surface area contributed by atoms with Crippen molar-refractivity contribution >= 4 is 11.6 Å². The summed E-state index contributed by atoms with van der Waals surface area (Å²) < 4.78 is 2.64. The first-order chi connectivity index (χ1) is 9.11. The number of halogens is 1. The van der Waals surface area contributed by atoms with Gasteiger partial charge in [-0.2, -0.15) is 0 Å². The molecule has 0 saturated carbocycles. The number of aryl methyl sites for hydroxylation is 1. The van der Waals surface area contributed by atoms with Crippen molar-refractivity contribution < 1.29 is 0 Å². The lowest BCUT2D eigenvalue weighted by molar-refractivity contribution is 0.566. The standard InChI is InChI=1S/C12H13ClN4O2/c1-2-4-16-5-3-11(18)17(12(16)19)8-9-6-15-10(13)7-14-9/h3,5-7H,2,4,8H2,1H3. The lowest BCUT2D eigenvalue weighted by Crippen LogP contribution is -2.39. The van der Waals surface area contributed by atoms with Gasteiger partial charge in [0.25, 0.3) is 5.56 Å². The summed E-state index contributed by atoms with van der Waals surface area (Å²) in [4.78, 5) is 31.7. The lowest BCUT2D eigenvalue weighted by atomic mass is 10.4. The molecule has 2 heterocycles. The molecule has 0 spiro atoms. The van der Waals surface area contributed by atoms with Crippen molar-refractivity contribution in [2.24, 2.45) is 0 Å². The molecule has 0 saturated heterocycles. The van der Waals surface area contributed by atoms with Crippen LogP contribution in [0.5, 0.6) is 0 Å². The molecule has 2 aromatic heterocycles. The second-order valence-corrected chi connectivity index (χ2v) is 4.43. The summed E-state index contributed by atoms with van der Waals surface area (Å²) in [7, 11) is 0. The monoisotopic (exact) mass is 280 g/mol. The molecule has 0 fully saturated rings. The third kappa shape index (κ3) is 3.08. The first-order valence-corrected chi connectivity index (χ1v) is 6.26. The quantitative estimate of drug-likeness (QED) is 0.835. The van der Waals surface area contributed by atoms with E-state index in [-0.39, 0.29) is 22.9 Å². The van der Waals surface area contributed by atoms with E-state index in [0.717, 1.165) is 11.0 Å². The van der Waals surface area contributed by atoms with Crippen molar-refractivity contribution in [2.75, 3.05) is 0 Å². The molecule has 100 valence electrons. The van der Waals surface area contributed by atoms with Crippen LogP contribution in [0.25, 0.3) is 0 Å². The van der Waals surface area contributed by atoms with Crippen LogP contribution < -0.4 is 11.2 Å². The molecular weight excluding hydrogens is 268 g/mol. The summed E-state index contributed by atoms with van der Waals surface area (Å²) in [6, 6.07) is 1.38. The molecule has 19 heavy (non-hydrogen) atoms. The Morgan fingerprint density at radius 2 is 2.05 bits per heavy atom. The van der Waals surface area contributed by atoms with E-state index in [1.54, 1.807) is 0 Å². The van der Waals surface area contributed by atoms with Crippen molar-refractivity contribution in [1.82, 2.24) is 19.1 Å². The maximum absolute atomic E-state index is 12.1. The number of rotatable bonds is 4. The summed E-state index contributed by atoms with van der Waals surface area (Å²) in [5.74, 6) is 0. The van der Waals surface area contributed by atoms with Crippen molar-refractivity contribution in [1.29, 1.82) is 0 Å². The van der Waals surface area contributed by atoms with E-state index in [1.807, 2.05) is 6.92 Å². The summed E-state index contributed by atoms with van der Waals surface area (Å²) in [5.41, 5.74) is -0.182. The third-order valence-electron chi connectivity index (χ3n) is 2.60. The van der Waals surface area contributed by atoms with Crippen LogP contribution in [0.4, 0.5) is 0 Å². The van der Waals surface area contributed by atoms with Crippen LogP contribution in [0.1, 0.15) is 19.0 Å². The SMILES string of the molecule is CCCn1ccc(=O)n(Cc2cnc(Cl)cn2)c1=O. The summed E-state index contributed by atoms with van der Waals surface area (Å²) in [6.45, 7) is 2.63. The molecule has 6 nitrogen and oxygen atoms in total. The molecule has 2 aromatic rings. The van der Waals surface area contributed by atoms with Gasteiger partial charge in [-0.25, -0.2) is 9.78 Å². The largest absolute Gasteiger partial charge is 0.331 e. The Hall–Kier alpha value is -1.95. The predicted molar refractivity (Wildman–Crippen MR) is 71.4 cm³/mol. The molecule has 0 radical (unpaired) electrons. The van der Waals surface area contributed by atoms with Crippen LogP contribution in [0.3, 0.4) is 0 Å². The van der Waals surface area contributed by atoms with Gasteiger partial charge in [0.1, 0.15) is 5.15 Å². The van der Waals surface area contributed by atoms with E-state index in [0.29, 0.717) is 12.2 Å². The highest BCUT2D eigenvalue weighted by Gasteiger charge is 2.06. The number of nitrogens with zero attached hydrogens (tertiary/aromatic N) is 4. The Labute approximate surface area is 114 Å². The molecule has 0 bridgehead atoms. The maximum Gasteiger partial charge on any atom is 0.331 e. The van der Waals surface area contributed by atoms with Gasteiger partial charge in [-0.3, -0.25) is 14.3 Å². The van der Waals surface area contributed by atoms with E-state index in [1.165, 1.54) is 29.2 Å². The second kappa shape index (κ2) is 5.79. The van der Waals surface area contributed by atoms with E-state index in [9.17, 15) is 9.59 Å². The van der Waals surface area contributed by atoms with Gasteiger partial charge in [0.2, 0.25) is 0 Å². The zero-order chi connectivity index (χ0) is 13.8. The minimum atomic E-state index is -0.353. The maximum atomic E-state index is 12.1. The molecule has 0 aliphatic heterocycles. The molecule has 0 aliphatic rings. The Kier molecular flexibility index (Phi) is 4.11. The van der Waals surface area contributed by atoms with Gasteiger partial charge in [0, 0.05) is 18.8 Å². The Morgan fingerprint density at radius 3 is 2.68 bits per heavy atom. The topological polar surface area (TPSA) is 69.8 Å². The van der Waals surface area contributed by atoms with Gasteiger partial charge in [-0.05, 0) is 6.42 Å². The highest BCUT2D eigenvalue weighted by Crippen LogP contribution is 2.01. The minimum absolute atomic E-state index is 0.0897. The molecule has 0 atom stereocenters. The number of aromatic nitrogens is 4. The van der Waals surface area contributed by atoms with Gasteiger partial charge >= 0.3 is 5.69 Å². The van der Waals surface area contributed by atoms with Crippen LogP contribution in [0, 0.1) is 0 Å². The highest BCUT2D eigenvalue weighted by atomic mass is 35.5. The molecule has 0 aromatic carbocycles. The Balaban J connectivity index is 2.39. The van der Waals surface area contributed by atoms with Crippen LogP contribution in [-0.2, 0) is 13.1 Å². The van der Waals surface area contributed by atoms with E-state index < -0.39 is 0 Å².